The van der Waals surface area contributed by atoms with Crippen LogP contribution in [0.15, 0.2) is 24.3 Å². The molecule has 0 atom stereocenters. The molecule has 1 aliphatic rings. The van der Waals surface area contributed by atoms with Crippen molar-refractivity contribution in [2.75, 3.05) is 0 Å². The average molecular weight is 361 g/mol. The van der Waals surface area contributed by atoms with Crippen LogP contribution < -0.4 is 0 Å². The summed E-state index contributed by atoms with van der Waals surface area (Å²) in [6.07, 6.45) is 14.0. The van der Waals surface area contributed by atoms with Gasteiger partial charge in [-0.15, -0.1) is 0 Å². The van der Waals surface area contributed by atoms with Crippen molar-refractivity contribution >= 4 is 10.1 Å². The molecular weight excluding hydrogens is 348 g/mol. The van der Waals surface area contributed by atoms with E-state index in [9.17, 15) is 13.2 Å². The number of hydrogen-bond donors (Lipinski definition) is 1. The van der Waals surface area contributed by atoms with Crippen molar-refractivity contribution in [3.8, 4) is 0 Å². The van der Waals surface area contributed by atoms with E-state index in [2.05, 4.69) is 24.3 Å². The molecule has 0 aliphatic heterocycles. The van der Waals surface area contributed by atoms with Gasteiger partial charge in [0.2, 0.25) is 0 Å². The van der Waals surface area contributed by atoms with E-state index < -0.39 is 15.6 Å². The fourth-order valence-corrected chi connectivity index (χ4v) is 0.856. The van der Waals surface area contributed by atoms with Crippen molar-refractivity contribution in [1.82, 2.24) is 0 Å². The zero-order chi connectivity index (χ0) is 12.7. The van der Waals surface area contributed by atoms with Gasteiger partial charge in [-0.1, -0.05) is 24.3 Å². The maximum atomic E-state index is 10.7. The fraction of sp³-hybridized carbons (Fsp3) is 0.556. The Labute approximate surface area is 111 Å². The van der Waals surface area contributed by atoms with Gasteiger partial charge in [-0.2, -0.15) is 21.6 Å². The summed E-state index contributed by atoms with van der Waals surface area (Å²) in [7, 11) is -5.84. The van der Waals surface area contributed by atoms with E-state index in [1.807, 2.05) is 0 Å². The second-order valence-corrected chi connectivity index (χ2v) is 4.43. The molecule has 8 heteroatoms. The number of rotatable bonds is 0. The molecular formula is C9H13F3O3RhS. The van der Waals surface area contributed by atoms with Crippen LogP contribution in [-0.2, 0) is 29.6 Å². The molecule has 0 aromatic carbocycles. The average Bonchev–Trinajstić information content (AvgIpc) is 1.98. The Morgan fingerprint density at radius 1 is 0.882 bits per heavy atom. The van der Waals surface area contributed by atoms with Crippen LogP contribution in [0.5, 0.6) is 0 Å². The smallest absolute Gasteiger partial charge is 0.279 e. The molecule has 0 heterocycles. The summed E-state index contributed by atoms with van der Waals surface area (Å²) >= 11 is 0. The Morgan fingerprint density at radius 3 is 1.18 bits per heavy atom. The van der Waals surface area contributed by atoms with Crippen LogP contribution in [-0.4, -0.2) is 18.5 Å². The van der Waals surface area contributed by atoms with E-state index in [1.165, 1.54) is 25.7 Å². The minimum atomic E-state index is -5.84. The molecule has 0 aromatic heterocycles. The summed E-state index contributed by atoms with van der Waals surface area (Å²) in [6, 6.07) is 0. The molecule has 0 amide bonds. The van der Waals surface area contributed by atoms with Gasteiger partial charge in [-0.05, 0) is 25.7 Å². The first kappa shape index (κ1) is 19.2. The minimum absolute atomic E-state index is 0. The van der Waals surface area contributed by atoms with Crippen molar-refractivity contribution in [3.05, 3.63) is 24.3 Å². The second kappa shape index (κ2) is 8.83. The van der Waals surface area contributed by atoms with Crippen molar-refractivity contribution in [1.29, 1.82) is 0 Å². The van der Waals surface area contributed by atoms with Crippen LogP contribution in [0.25, 0.3) is 0 Å². The topological polar surface area (TPSA) is 54.4 Å². The molecule has 3 nitrogen and oxygen atoms in total. The molecule has 0 spiro atoms. The van der Waals surface area contributed by atoms with Gasteiger partial charge in [0.05, 0.1) is 0 Å². The van der Waals surface area contributed by atoms with Gasteiger partial charge >= 0.3 is 15.6 Å². The first-order valence-electron chi connectivity index (χ1n) is 4.59. The summed E-state index contributed by atoms with van der Waals surface area (Å²) < 4.78 is 57.5. The molecule has 103 valence electrons. The van der Waals surface area contributed by atoms with Crippen molar-refractivity contribution < 1.29 is 45.6 Å². The zero-order valence-corrected chi connectivity index (χ0v) is 11.2. The summed E-state index contributed by atoms with van der Waals surface area (Å²) in [5, 5.41) is 0. The van der Waals surface area contributed by atoms with E-state index in [1.54, 1.807) is 0 Å². The van der Waals surface area contributed by atoms with Gasteiger partial charge in [0.1, 0.15) is 0 Å². The second-order valence-electron chi connectivity index (χ2n) is 3.02. The summed E-state index contributed by atoms with van der Waals surface area (Å²) in [4.78, 5) is 0. The zero-order valence-electron chi connectivity index (χ0n) is 8.78. The van der Waals surface area contributed by atoms with E-state index in [0.717, 1.165) is 0 Å². The maximum Gasteiger partial charge on any atom is 0.522 e. The van der Waals surface area contributed by atoms with Crippen molar-refractivity contribution in [2.45, 2.75) is 31.2 Å². The fourth-order valence-electron chi connectivity index (χ4n) is 0.856. The third-order valence-electron chi connectivity index (χ3n) is 1.63. The third kappa shape index (κ3) is 10.7. The number of alkyl halides is 3. The molecule has 1 rings (SSSR count). The Morgan fingerprint density at radius 2 is 1.06 bits per heavy atom. The van der Waals surface area contributed by atoms with Crippen molar-refractivity contribution in [2.24, 2.45) is 0 Å². The normalized spacial score (nSPS) is 16.0. The third-order valence-corrected chi connectivity index (χ3v) is 2.21. The largest absolute Gasteiger partial charge is 0.522 e. The van der Waals surface area contributed by atoms with Gasteiger partial charge in [0.25, 0.3) is 0 Å². The predicted octanol–water partition coefficient (Wildman–Crippen LogP) is 3.06. The molecule has 1 N–H and O–H groups in total. The Balaban J connectivity index is 0. The monoisotopic (exact) mass is 361 g/mol. The molecule has 0 aromatic rings. The molecule has 1 radical (unpaired) electrons. The Bertz CT molecular complexity index is 321. The molecule has 1 aliphatic carbocycles. The number of hydrogen-bond acceptors (Lipinski definition) is 2. The van der Waals surface area contributed by atoms with Gasteiger partial charge < -0.3 is 0 Å². The number of allylic oxidation sites excluding steroid dienone is 4. The molecule has 0 bridgehead atoms. The quantitative estimate of drug-likeness (QED) is 0.312. The van der Waals surface area contributed by atoms with Gasteiger partial charge in [0.15, 0.2) is 0 Å². The van der Waals surface area contributed by atoms with Crippen molar-refractivity contribution in [3.63, 3.8) is 0 Å². The van der Waals surface area contributed by atoms with Gasteiger partial charge in [-0.25, -0.2) is 0 Å². The summed E-state index contributed by atoms with van der Waals surface area (Å²) in [5.74, 6) is 0. The molecule has 17 heavy (non-hydrogen) atoms. The predicted molar refractivity (Wildman–Crippen MR) is 54.4 cm³/mol. The summed E-state index contributed by atoms with van der Waals surface area (Å²) in [6.45, 7) is 0. The number of halogens is 3. The molecule has 0 fully saturated rings. The van der Waals surface area contributed by atoms with Gasteiger partial charge in [-0.3, -0.25) is 4.55 Å². The summed E-state index contributed by atoms with van der Waals surface area (Å²) in [5.41, 5.74) is -5.53. The van der Waals surface area contributed by atoms with Crippen LogP contribution in [0.4, 0.5) is 13.2 Å². The minimum Gasteiger partial charge on any atom is -0.279 e. The van der Waals surface area contributed by atoms with Crippen LogP contribution in [0, 0.1) is 0 Å². The van der Waals surface area contributed by atoms with E-state index >= 15 is 0 Å². The molecule has 0 saturated carbocycles. The van der Waals surface area contributed by atoms with Gasteiger partial charge in [0, 0.05) is 19.5 Å². The van der Waals surface area contributed by atoms with E-state index in [0.29, 0.717) is 0 Å². The van der Waals surface area contributed by atoms with Crippen LogP contribution >= 0.6 is 0 Å². The van der Waals surface area contributed by atoms with E-state index in [4.69, 9.17) is 13.0 Å². The van der Waals surface area contributed by atoms with Crippen LogP contribution in [0.1, 0.15) is 25.7 Å². The standard InChI is InChI=1S/C8H12.CHF3O3S.Rh/c1-2-4-6-8-7-5-3-1;2-1(3,4)8(5,6)7;/h1-2,7-8H,3-6H2;(H,5,6,7);. The molecule has 0 saturated heterocycles. The van der Waals surface area contributed by atoms with Crippen LogP contribution in [0.3, 0.4) is 0 Å². The van der Waals surface area contributed by atoms with Crippen LogP contribution in [0.2, 0.25) is 0 Å². The Kier molecular flexibility index (Phi) is 9.95. The maximum absolute atomic E-state index is 10.7. The molecule has 0 unspecified atom stereocenters. The first-order valence-corrected chi connectivity index (χ1v) is 6.03. The van der Waals surface area contributed by atoms with E-state index in [-0.39, 0.29) is 19.5 Å². The SMILES string of the molecule is C1=CCCC=CCC1.O=S(=O)(O)C(F)(F)F.[Rh]. The Hall–Kier alpha value is -0.197. The first-order chi connectivity index (χ1) is 7.25.